The summed E-state index contributed by atoms with van der Waals surface area (Å²) in [7, 11) is 1.57. The number of hydrogen-bond acceptors (Lipinski definition) is 4. The first-order valence-electron chi connectivity index (χ1n) is 8.51. The Morgan fingerprint density at radius 2 is 1.96 bits per heavy atom. The van der Waals surface area contributed by atoms with Crippen molar-refractivity contribution in [3.05, 3.63) is 24.3 Å². The second kappa shape index (κ2) is 9.27. The van der Waals surface area contributed by atoms with E-state index in [0.717, 1.165) is 31.8 Å². The molecule has 1 heterocycles. The maximum Gasteiger partial charge on any atom is 0.321 e. The third-order valence-corrected chi connectivity index (χ3v) is 4.25. The number of anilines is 1. The average Bonchev–Trinajstić information content (AvgIpc) is 2.61. The fourth-order valence-electron chi connectivity index (χ4n) is 2.55. The second-order valence-electron chi connectivity index (χ2n) is 6.44. The first kappa shape index (κ1) is 19.1. The lowest BCUT2D eigenvalue weighted by molar-refractivity contribution is -0.141. The largest absolute Gasteiger partial charge is 0.493 e. The summed E-state index contributed by atoms with van der Waals surface area (Å²) in [4.78, 5) is 24.3. The minimum atomic E-state index is -0.925. The molecule has 0 spiro atoms. The molecule has 1 aliphatic rings. The van der Waals surface area contributed by atoms with Crippen LogP contribution in [0.2, 0.25) is 0 Å². The van der Waals surface area contributed by atoms with Crippen molar-refractivity contribution in [2.24, 2.45) is 11.8 Å². The molecule has 1 aliphatic heterocycles. The van der Waals surface area contributed by atoms with E-state index in [1.807, 2.05) is 12.1 Å². The highest BCUT2D eigenvalue weighted by molar-refractivity contribution is 5.89. The number of benzene rings is 1. The summed E-state index contributed by atoms with van der Waals surface area (Å²) in [5, 5.41) is 11.6. The lowest BCUT2D eigenvalue weighted by Gasteiger charge is -2.22. The molecule has 1 aromatic rings. The van der Waals surface area contributed by atoms with Gasteiger partial charge in [-0.1, -0.05) is 6.92 Å². The number of rotatable bonds is 7. The van der Waals surface area contributed by atoms with Crippen LogP contribution < -0.4 is 10.1 Å². The van der Waals surface area contributed by atoms with Gasteiger partial charge >= 0.3 is 12.0 Å². The summed E-state index contributed by atoms with van der Waals surface area (Å²) in [5.74, 6) is -0.252. The Balaban J connectivity index is 1.78. The van der Waals surface area contributed by atoms with Gasteiger partial charge in [0.05, 0.1) is 12.5 Å². The SMILES string of the molecule is CC(CN(C)C(=O)Nc1ccc(OCC2CCOCC2)cc1)C(=O)O. The van der Waals surface area contributed by atoms with E-state index in [-0.39, 0.29) is 12.6 Å². The highest BCUT2D eigenvalue weighted by atomic mass is 16.5. The van der Waals surface area contributed by atoms with Crippen LogP contribution in [0.15, 0.2) is 24.3 Å². The number of urea groups is 1. The van der Waals surface area contributed by atoms with Crippen LogP contribution in [0.4, 0.5) is 10.5 Å². The monoisotopic (exact) mass is 350 g/mol. The number of aliphatic carboxylic acids is 1. The van der Waals surface area contributed by atoms with Crippen molar-refractivity contribution in [1.29, 1.82) is 0 Å². The van der Waals surface area contributed by atoms with Crippen molar-refractivity contribution in [2.45, 2.75) is 19.8 Å². The molecule has 0 bridgehead atoms. The van der Waals surface area contributed by atoms with Gasteiger partial charge < -0.3 is 24.8 Å². The van der Waals surface area contributed by atoms with Gasteiger partial charge in [-0.15, -0.1) is 0 Å². The van der Waals surface area contributed by atoms with Gasteiger partial charge in [0.15, 0.2) is 0 Å². The summed E-state index contributed by atoms with van der Waals surface area (Å²) in [6.07, 6.45) is 2.05. The van der Waals surface area contributed by atoms with Gasteiger partial charge in [0.2, 0.25) is 0 Å². The quantitative estimate of drug-likeness (QED) is 0.789. The molecule has 1 unspecified atom stereocenters. The van der Waals surface area contributed by atoms with E-state index in [4.69, 9.17) is 14.6 Å². The summed E-state index contributed by atoms with van der Waals surface area (Å²) in [6.45, 7) is 3.98. The van der Waals surface area contributed by atoms with Crippen LogP contribution in [0.1, 0.15) is 19.8 Å². The van der Waals surface area contributed by atoms with Crippen molar-refractivity contribution < 1.29 is 24.2 Å². The van der Waals surface area contributed by atoms with Crippen LogP contribution in [0.5, 0.6) is 5.75 Å². The molecule has 7 nitrogen and oxygen atoms in total. The molecule has 0 saturated carbocycles. The predicted octanol–water partition coefficient (Wildman–Crippen LogP) is 2.68. The third-order valence-electron chi connectivity index (χ3n) is 4.25. The van der Waals surface area contributed by atoms with Crippen LogP contribution in [-0.4, -0.2) is 55.4 Å². The Morgan fingerprint density at radius 1 is 1.32 bits per heavy atom. The first-order chi connectivity index (χ1) is 12.0. The summed E-state index contributed by atoms with van der Waals surface area (Å²) in [6, 6.07) is 6.82. The van der Waals surface area contributed by atoms with Crippen LogP contribution in [0.25, 0.3) is 0 Å². The van der Waals surface area contributed by atoms with Crippen molar-refractivity contribution >= 4 is 17.7 Å². The highest BCUT2D eigenvalue weighted by Crippen LogP contribution is 2.20. The van der Waals surface area contributed by atoms with Gasteiger partial charge in [0, 0.05) is 32.5 Å². The maximum absolute atomic E-state index is 12.1. The van der Waals surface area contributed by atoms with Crippen molar-refractivity contribution in [3.63, 3.8) is 0 Å². The van der Waals surface area contributed by atoms with Crippen LogP contribution in [0.3, 0.4) is 0 Å². The topological polar surface area (TPSA) is 88.1 Å². The smallest absolute Gasteiger partial charge is 0.321 e. The van der Waals surface area contributed by atoms with E-state index in [2.05, 4.69) is 5.32 Å². The zero-order valence-electron chi connectivity index (χ0n) is 14.7. The third kappa shape index (κ3) is 6.26. The molecule has 1 saturated heterocycles. The van der Waals surface area contributed by atoms with E-state index in [9.17, 15) is 9.59 Å². The number of amides is 2. The first-order valence-corrected chi connectivity index (χ1v) is 8.51. The number of carbonyl (C=O) groups is 2. The molecule has 2 rings (SSSR count). The number of carboxylic acids is 1. The Morgan fingerprint density at radius 3 is 2.56 bits per heavy atom. The Labute approximate surface area is 147 Å². The summed E-state index contributed by atoms with van der Waals surface area (Å²) < 4.78 is 11.1. The molecule has 7 heteroatoms. The molecular weight excluding hydrogens is 324 g/mol. The highest BCUT2D eigenvalue weighted by Gasteiger charge is 2.17. The fraction of sp³-hybridized carbons (Fsp3) is 0.556. The molecule has 1 fully saturated rings. The minimum Gasteiger partial charge on any atom is -0.493 e. The summed E-state index contributed by atoms with van der Waals surface area (Å²) >= 11 is 0. The van der Waals surface area contributed by atoms with Gasteiger partial charge in [0.1, 0.15) is 5.75 Å². The van der Waals surface area contributed by atoms with Gasteiger partial charge in [-0.25, -0.2) is 4.79 Å². The standard InChI is InChI=1S/C18H26N2O5/c1-13(17(21)22)11-20(2)18(23)19-15-3-5-16(6-4-15)25-12-14-7-9-24-10-8-14/h3-6,13-14H,7-12H2,1-2H3,(H,19,23)(H,21,22). The normalized spacial score (nSPS) is 16.1. The lowest BCUT2D eigenvalue weighted by Crippen LogP contribution is -2.36. The van der Waals surface area contributed by atoms with Gasteiger partial charge in [-0.05, 0) is 43.0 Å². The van der Waals surface area contributed by atoms with Crippen LogP contribution in [0, 0.1) is 11.8 Å². The van der Waals surface area contributed by atoms with E-state index in [1.54, 1.807) is 26.1 Å². The number of carboxylic acid groups (broad SMARTS) is 1. The molecule has 0 radical (unpaired) electrons. The Bertz CT molecular complexity index is 569. The molecule has 1 atom stereocenters. The average molecular weight is 350 g/mol. The van der Waals surface area contributed by atoms with E-state index in [0.29, 0.717) is 18.2 Å². The maximum atomic E-state index is 12.1. The van der Waals surface area contributed by atoms with Crippen LogP contribution in [-0.2, 0) is 9.53 Å². The molecule has 2 N–H and O–H groups in total. The molecule has 0 aromatic heterocycles. The van der Waals surface area contributed by atoms with Crippen LogP contribution >= 0.6 is 0 Å². The Kier molecular flexibility index (Phi) is 7.06. The fourth-order valence-corrected chi connectivity index (χ4v) is 2.55. The number of nitrogens with one attached hydrogen (secondary N) is 1. The van der Waals surface area contributed by atoms with Crippen molar-refractivity contribution in [3.8, 4) is 5.75 Å². The zero-order chi connectivity index (χ0) is 18.2. The number of ether oxygens (including phenoxy) is 2. The van der Waals surface area contributed by atoms with E-state index >= 15 is 0 Å². The molecule has 2 amide bonds. The zero-order valence-corrected chi connectivity index (χ0v) is 14.7. The molecule has 25 heavy (non-hydrogen) atoms. The molecule has 1 aromatic carbocycles. The van der Waals surface area contributed by atoms with E-state index in [1.165, 1.54) is 4.90 Å². The van der Waals surface area contributed by atoms with Gasteiger partial charge in [-0.2, -0.15) is 0 Å². The van der Waals surface area contributed by atoms with Gasteiger partial charge in [0.25, 0.3) is 0 Å². The Hall–Kier alpha value is -2.28. The van der Waals surface area contributed by atoms with E-state index < -0.39 is 11.9 Å². The number of hydrogen-bond donors (Lipinski definition) is 2. The van der Waals surface area contributed by atoms with Crippen molar-refractivity contribution in [1.82, 2.24) is 4.90 Å². The second-order valence-corrected chi connectivity index (χ2v) is 6.44. The molecule has 138 valence electrons. The minimum absolute atomic E-state index is 0.146. The summed E-state index contributed by atoms with van der Waals surface area (Å²) in [5.41, 5.74) is 0.637. The molecular formula is C18H26N2O5. The van der Waals surface area contributed by atoms with Gasteiger partial charge in [-0.3, -0.25) is 4.79 Å². The lowest BCUT2D eigenvalue weighted by atomic mass is 10.0. The number of carbonyl (C=O) groups excluding carboxylic acids is 1. The number of nitrogens with zero attached hydrogens (tertiary/aromatic N) is 1. The molecule has 0 aliphatic carbocycles. The van der Waals surface area contributed by atoms with Crippen molar-refractivity contribution in [2.75, 3.05) is 38.7 Å². The predicted molar refractivity (Wildman–Crippen MR) is 93.9 cm³/mol.